The van der Waals surface area contributed by atoms with E-state index in [4.69, 9.17) is 16.7 Å². The van der Waals surface area contributed by atoms with Gasteiger partial charge in [-0.3, -0.25) is 14.5 Å². The van der Waals surface area contributed by atoms with Gasteiger partial charge in [-0.15, -0.1) is 0 Å². The molecule has 0 spiro atoms. The lowest BCUT2D eigenvalue weighted by Crippen LogP contribution is -2.48. The van der Waals surface area contributed by atoms with Gasteiger partial charge in [0.15, 0.2) is 0 Å². The van der Waals surface area contributed by atoms with Crippen molar-refractivity contribution in [1.29, 1.82) is 0 Å². The fraction of sp³-hybridized carbons (Fsp3) is 0.500. The van der Waals surface area contributed by atoms with Crippen molar-refractivity contribution in [2.45, 2.75) is 25.8 Å². The molecule has 5 nitrogen and oxygen atoms in total. The van der Waals surface area contributed by atoms with E-state index in [0.717, 1.165) is 6.07 Å². The first-order valence-corrected chi connectivity index (χ1v) is 8.00. The minimum atomic E-state index is -0.844. The summed E-state index contributed by atoms with van der Waals surface area (Å²) in [5.41, 5.74) is 0.296. The summed E-state index contributed by atoms with van der Waals surface area (Å²) in [6.45, 7) is 3.67. The molecule has 1 aliphatic heterocycles. The highest BCUT2D eigenvalue weighted by molar-refractivity contribution is 6.33. The average Bonchev–Trinajstić information content (AvgIpc) is 2.52. The highest BCUT2D eigenvalue weighted by atomic mass is 35.5. The van der Waals surface area contributed by atoms with Crippen LogP contribution in [0.5, 0.6) is 0 Å². The Kier molecular flexibility index (Phi) is 5.96. The summed E-state index contributed by atoms with van der Waals surface area (Å²) in [6, 6.07) is 3.91. The number of carboxylic acids is 1. The molecule has 126 valence electrons. The third-order valence-electron chi connectivity index (χ3n) is 4.17. The molecule has 7 heteroatoms. The van der Waals surface area contributed by atoms with Crippen LogP contribution in [0.3, 0.4) is 0 Å². The van der Waals surface area contributed by atoms with Gasteiger partial charge in [0, 0.05) is 19.1 Å². The van der Waals surface area contributed by atoms with Crippen LogP contribution in [-0.4, -0.2) is 59.0 Å². The predicted molar refractivity (Wildman–Crippen MR) is 85.2 cm³/mol. The summed E-state index contributed by atoms with van der Waals surface area (Å²) in [5.74, 6) is -1.53. The molecule has 1 amide bonds. The summed E-state index contributed by atoms with van der Waals surface area (Å²) in [7, 11) is 0. The van der Waals surface area contributed by atoms with Gasteiger partial charge in [0.1, 0.15) is 5.82 Å². The standard InChI is InChI=1S/C16H20ClFN2O3/c1-2-19(10-15(21)22)12-5-7-20(8-6-12)16(23)13-4-3-11(18)9-14(13)17/h3-4,9,12H,2,5-8,10H2,1H3,(H,21,22). The summed E-state index contributed by atoms with van der Waals surface area (Å²) >= 11 is 5.94. The van der Waals surface area contributed by atoms with Crippen molar-refractivity contribution in [3.05, 3.63) is 34.6 Å². The van der Waals surface area contributed by atoms with E-state index in [9.17, 15) is 14.0 Å². The Hall–Kier alpha value is -1.66. The highest BCUT2D eigenvalue weighted by Crippen LogP contribution is 2.22. The molecule has 0 saturated carbocycles. The lowest BCUT2D eigenvalue weighted by Gasteiger charge is -2.37. The van der Waals surface area contributed by atoms with Gasteiger partial charge >= 0.3 is 5.97 Å². The van der Waals surface area contributed by atoms with Crippen LogP contribution in [0, 0.1) is 5.82 Å². The third kappa shape index (κ3) is 4.42. The number of aliphatic carboxylic acids is 1. The molecule has 0 bridgehead atoms. The van der Waals surface area contributed by atoms with E-state index in [1.807, 2.05) is 11.8 Å². The molecular formula is C16H20ClFN2O3. The quantitative estimate of drug-likeness (QED) is 0.893. The van der Waals surface area contributed by atoms with Crippen LogP contribution in [0.1, 0.15) is 30.1 Å². The van der Waals surface area contributed by atoms with Crippen LogP contribution in [0.2, 0.25) is 5.02 Å². The van der Waals surface area contributed by atoms with Gasteiger partial charge in [0.05, 0.1) is 17.1 Å². The van der Waals surface area contributed by atoms with E-state index in [1.165, 1.54) is 12.1 Å². The van der Waals surface area contributed by atoms with E-state index in [2.05, 4.69) is 0 Å². The fourth-order valence-corrected chi connectivity index (χ4v) is 3.19. The maximum Gasteiger partial charge on any atom is 0.317 e. The minimum Gasteiger partial charge on any atom is -0.480 e. The van der Waals surface area contributed by atoms with Crippen molar-refractivity contribution >= 4 is 23.5 Å². The molecule has 0 atom stereocenters. The van der Waals surface area contributed by atoms with Gasteiger partial charge in [-0.05, 0) is 37.6 Å². The molecule has 1 N–H and O–H groups in total. The van der Waals surface area contributed by atoms with Gasteiger partial charge < -0.3 is 10.0 Å². The van der Waals surface area contributed by atoms with E-state index in [-0.39, 0.29) is 23.5 Å². The molecular weight excluding hydrogens is 323 g/mol. The van der Waals surface area contributed by atoms with Crippen LogP contribution in [0.4, 0.5) is 4.39 Å². The topological polar surface area (TPSA) is 60.9 Å². The Labute approximate surface area is 139 Å². The molecule has 1 heterocycles. The zero-order valence-corrected chi connectivity index (χ0v) is 13.7. The smallest absolute Gasteiger partial charge is 0.317 e. The molecule has 0 unspecified atom stereocenters. The summed E-state index contributed by atoms with van der Waals surface area (Å²) in [4.78, 5) is 26.9. The van der Waals surface area contributed by atoms with Gasteiger partial charge in [0.25, 0.3) is 5.91 Å². The number of rotatable bonds is 5. The van der Waals surface area contributed by atoms with Gasteiger partial charge in [-0.1, -0.05) is 18.5 Å². The lowest BCUT2D eigenvalue weighted by atomic mass is 10.0. The number of hydrogen-bond acceptors (Lipinski definition) is 3. The number of halogens is 2. The predicted octanol–water partition coefficient (Wildman–Crippen LogP) is 2.49. The van der Waals surface area contributed by atoms with Crippen LogP contribution >= 0.6 is 11.6 Å². The second-order valence-corrected chi connectivity index (χ2v) is 6.01. The number of hydrogen-bond donors (Lipinski definition) is 1. The van der Waals surface area contributed by atoms with Crippen LogP contribution in [-0.2, 0) is 4.79 Å². The second kappa shape index (κ2) is 7.75. The molecule has 1 aromatic carbocycles. The van der Waals surface area contributed by atoms with Gasteiger partial charge in [-0.2, -0.15) is 0 Å². The highest BCUT2D eigenvalue weighted by Gasteiger charge is 2.28. The molecule has 1 aliphatic rings. The molecule has 1 aromatic rings. The summed E-state index contributed by atoms with van der Waals surface area (Å²) < 4.78 is 13.1. The maximum atomic E-state index is 13.1. The number of carboxylic acid groups (broad SMARTS) is 1. The number of amides is 1. The number of nitrogens with zero attached hydrogens (tertiary/aromatic N) is 2. The van der Waals surface area contributed by atoms with Crippen molar-refractivity contribution in [1.82, 2.24) is 9.80 Å². The molecule has 0 aromatic heterocycles. The van der Waals surface area contributed by atoms with Crippen LogP contribution in [0.25, 0.3) is 0 Å². The Morgan fingerprint density at radius 3 is 2.57 bits per heavy atom. The second-order valence-electron chi connectivity index (χ2n) is 5.60. The monoisotopic (exact) mass is 342 g/mol. The van der Waals surface area contributed by atoms with Gasteiger partial charge in [-0.25, -0.2) is 4.39 Å². The van der Waals surface area contributed by atoms with Crippen molar-refractivity contribution in [3.8, 4) is 0 Å². The van der Waals surface area contributed by atoms with Crippen molar-refractivity contribution < 1.29 is 19.1 Å². The zero-order chi connectivity index (χ0) is 17.0. The number of likely N-dealkylation sites (tertiary alicyclic amines) is 1. The first-order chi connectivity index (χ1) is 10.9. The SMILES string of the molecule is CCN(CC(=O)O)C1CCN(C(=O)c2ccc(F)cc2Cl)CC1. The van der Waals surface area contributed by atoms with Crippen molar-refractivity contribution in [3.63, 3.8) is 0 Å². The van der Waals surface area contributed by atoms with E-state index < -0.39 is 11.8 Å². The minimum absolute atomic E-state index is 0.0128. The number of benzene rings is 1. The molecule has 0 radical (unpaired) electrons. The number of piperidine rings is 1. The summed E-state index contributed by atoms with van der Waals surface area (Å²) in [6.07, 6.45) is 1.43. The molecule has 2 rings (SSSR count). The normalized spacial score (nSPS) is 15.9. The molecule has 23 heavy (non-hydrogen) atoms. The van der Waals surface area contributed by atoms with E-state index >= 15 is 0 Å². The van der Waals surface area contributed by atoms with Crippen molar-refractivity contribution in [2.75, 3.05) is 26.2 Å². The van der Waals surface area contributed by atoms with Gasteiger partial charge in [0.2, 0.25) is 0 Å². The van der Waals surface area contributed by atoms with Crippen LogP contribution < -0.4 is 0 Å². The zero-order valence-electron chi connectivity index (χ0n) is 13.0. The number of carbonyl (C=O) groups excluding carboxylic acids is 1. The van der Waals surface area contributed by atoms with Crippen LogP contribution in [0.15, 0.2) is 18.2 Å². The Morgan fingerprint density at radius 1 is 1.39 bits per heavy atom. The maximum absolute atomic E-state index is 13.1. The lowest BCUT2D eigenvalue weighted by molar-refractivity contribution is -0.139. The Morgan fingerprint density at radius 2 is 2.04 bits per heavy atom. The first kappa shape index (κ1) is 17.7. The van der Waals surface area contributed by atoms with Crippen molar-refractivity contribution in [2.24, 2.45) is 0 Å². The Bertz CT molecular complexity index is 589. The number of carbonyl (C=O) groups is 2. The van der Waals surface area contributed by atoms with E-state index in [1.54, 1.807) is 4.90 Å². The molecule has 1 fully saturated rings. The first-order valence-electron chi connectivity index (χ1n) is 7.62. The average molecular weight is 343 g/mol. The molecule has 0 aliphatic carbocycles. The Balaban J connectivity index is 1.98. The molecule has 1 saturated heterocycles. The number of likely N-dealkylation sites (N-methyl/N-ethyl adjacent to an activating group) is 1. The largest absolute Gasteiger partial charge is 0.480 e. The fourth-order valence-electron chi connectivity index (χ4n) is 2.94. The third-order valence-corrected chi connectivity index (χ3v) is 4.49. The summed E-state index contributed by atoms with van der Waals surface area (Å²) in [5, 5.41) is 9.05. The van der Waals surface area contributed by atoms with E-state index in [0.29, 0.717) is 38.0 Å².